The van der Waals surface area contributed by atoms with Gasteiger partial charge < -0.3 is 14.5 Å². The third-order valence-corrected chi connectivity index (χ3v) is 2.80. The van der Waals surface area contributed by atoms with Crippen molar-refractivity contribution in [3.05, 3.63) is 54.0 Å². The quantitative estimate of drug-likeness (QED) is 0.904. The van der Waals surface area contributed by atoms with Crippen molar-refractivity contribution in [3.63, 3.8) is 0 Å². The summed E-state index contributed by atoms with van der Waals surface area (Å²) in [6, 6.07) is 10.1. The van der Waals surface area contributed by atoms with Crippen LogP contribution >= 0.6 is 0 Å². The standard InChI is InChI=1S/C17H20N2O4/c1-17(2,3)23-16(21)19-13-8-6-12(7-9-13)15(20)18-11-14-5-4-10-22-14/h4-10H,11H2,1-3H3,(H,18,20)(H,19,21). The Morgan fingerprint density at radius 3 is 2.39 bits per heavy atom. The molecule has 0 saturated heterocycles. The van der Waals surface area contributed by atoms with Gasteiger partial charge in [0.2, 0.25) is 0 Å². The molecule has 0 bridgehead atoms. The highest BCUT2D eigenvalue weighted by molar-refractivity contribution is 5.95. The molecule has 0 aliphatic heterocycles. The Balaban J connectivity index is 1.88. The minimum atomic E-state index is -0.560. The van der Waals surface area contributed by atoms with Gasteiger partial charge in [-0.2, -0.15) is 0 Å². The summed E-state index contributed by atoms with van der Waals surface area (Å²) in [5.74, 6) is 0.465. The van der Waals surface area contributed by atoms with Crippen LogP contribution in [0, 0.1) is 0 Å². The molecule has 0 saturated carbocycles. The second-order valence-electron chi connectivity index (χ2n) is 5.97. The first-order valence-corrected chi connectivity index (χ1v) is 7.24. The summed E-state index contributed by atoms with van der Waals surface area (Å²) in [5.41, 5.74) is 0.489. The molecule has 1 heterocycles. The van der Waals surface area contributed by atoms with Crippen LogP contribution in [0.3, 0.4) is 0 Å². The largest absolute Gasteiger partial charge is 0.467 e. The highest BCUT2D eigenvalue weighted by atomic mass is 16.6. The summed E-state index contributed by atoms with van der Waals surface area (Å²) in [5, 5.41) is 5.36. The number of furan rings is 1. The molecule has 0 fully saturated rings. The highest BCUT2D eigenvalue weighted by Gasteiger charge is 2.16. The molecule has 2 amide bonds. The summed E-state index contributed by atoms with van der Waals surface area (Å²) < 4.78 is 10.3. The molecule has 0 spiro atoms. The van der Waals surface area contributed by atoms with E-state index >= 15 is 0 Å². The lowest BCUT2D eigenvalue weighted by atomic mass is 10.2. The predicted molar refractivity (Wildman–Crippen MR) is 86.2 cm³/mol. The van der Waals surface area contributed by atoms with Gasteiger partial charge in [0, 0.05) is 11.3 Å². The number of amides is 2. The smallest absolute Gasteiger partial charge is 0.412 e. The zero-order valence-electron chi connectivity index (χ0n) is 13.4. The van der Waals surface area contributed by atoms with E-state index < -0.39 is 11.7 Å². The zero-order chi connectivity index (χ0) is 16.9. The molecule has 2 aromatic rings. The maximum absolute atomic E-state index is 12.0. The molecule has 23 heavy (non-hydrogen) atoms. The highest BCUT2D eigenvalue weighted by Crippen LogP contribution is 2.13. The van der Waals surface area contributed by atoms with Gasteiger partial charge in [-0.05, 0) is 57.2 Å². The predicted octanol–water partition coefficient (Wildman–Crippen LogP) is 3.56. The Kier molecular flexibility index (Phi) is 5.05. The number of carbonyl (C=O) groups is 2. The average molecular weight is 316 g/mol. The molecular weight excluding hydrogens is 296 g/mol. The topological polar surface area (TPSA) is 80.6 Å². The molecule has 0 radical (unpaired) electrons. The van der Waals surface area contributed by atoms with E-state index in [1.807, 2.05) is 0 Å². The van der Waals surface area contributed by atoms with Crippen molar-refractivity contribution in [2.75, 3.05) is 5.32 Å². The molecule has 0 aliphatic rings. The fraction of sp³-hybridized carbons (Fsp3) is 0.294. The second-order valence-corrected chi connectivity index (χ2v) is 5.97. The van der Waals surface area contributed by atoms with Crippen LogP contribution in [0.2, 0.25) is 0 Å². The lowest BCUT2D eigenvalue weighted by molar-refractivity contribution is 0.0635. The van der Waals surface area contributed by atoms with Crippen LogP contribution in [0.4, 0.5) is 10.5 Å². The summed E-state index contributed by atoms with van der Waals surface area (Å²) in [7, 11) is 0. The zero-order valence-corrected chi connectivity index (χ0v) is 13.4. The van der Waals surface area contributed by atoms with Gasteiger partial charge in [-0.25, -0.2) is 4.79 Å². The van der Waals surface area contributed by atoms with E-state index in [0.717, 1.165) is 0 Å². The van der Waals surface area contributed by atoms with Crippen LogP contribution < -0.4 is 10.6 Å². The third kappa shape index (κ3) is 5.50. The van der Waals surface area contributed by atoms with Crippen LogP contribution in [0.1, 0.15) is 36.9 Å². The molecule has 122 valence electrons. The molecule has 2 N–H and O–H groups in total. The van der Waals surface area contributed by atoms with Gasteiger partial charge >= 0.3 is 6.09 Å². The van der Waals surface area contributed by atoms with Crippen molar-refractivity contribution in [3.8, 4) is 0 Å². The van der Waals surface area contributed by atoms with Gasteiger partial charge in [-0.3, -0.25) is 10.1 Å². The Morgan fingerprint density at radius 2 is 1.83 bits per heavy atom. The summed E-state index contributed by atoms with van der Waals surface area (Å²) in [6.07, 6.45) is 1.02. The molecule has 0 atom stereocenters. The normalized spacial score (nSPS) is 10.9. The van der Waals surface area contributed by atoms with Gasteiger partial charge in [0.05, 0.1) is 12.8 Å². The molecule has 1 aromatic carbocycles. The molecule has 0 unspecified atom stereocenters. The van der Waals surface area contributed by atoms with Crippen molar-refractivity contribution >= 4 is 17.7 Å². The van der Waals surface area contributed by atoms with Gasteiger partial charge in [-0.15, -0.1) is 0 Å². The second kappa shape index (κ2) is 7.00. The van der Waals surface area contributed by atoms with Crippen molar-refractivity contribution < 1.29 is 18.7 Å². The van der Waals surface area contributed by atoms with E-state index in [-0.39, 0.29) is 5.91 Å². The van der Waals surface area contributed by atoms with Gasteiger partial charge in [-0.1, -0.05) is 0 Å². The number of nitrogens with one attached hydrogen (secondary N) is 2. The van der Waals surface area contributed by atoms with E-state index in [0.29, 0.717) is 23.6 Å². The van der Waals surface area contributed by atoms with E-state index in [2.05, 4.69) is 10.6 Å². The molecule has 6 nitrogen and oxygen atoms in total. The van der Waals surface area contributed by atoms with Gasteiger partial charge in [0.1, 0.15) is 11.4 Å². The minimum absolute atomic E-state index is 0.217. The average Bonchev–Trinajstić information content (AvgIpc) is 2.96. The first-order valence-electron chi connectivity index (χ1n) is 7.24. The SMILES string of the molecule is CC(C)(C)OC(=O)Nc1ccc(C(=O)NCc2ccco2)cc1. The first-order chi connectivity index (χ1) is 10.8. The Bertz CT molecular complexity index is 655. The van der Waals surface area contributed by atoms with Crippen LogP contribution in [0.5, 0.6) is 0 Å². The summed E-state index contributed by atoms with van der Waals surface area (Å²) >= 11 is 0. The summed E-state index contributed by atoms with van der Waals surface area (Å²) in [6.45, 7) is 5.70. The Hall–Kier alpha value is -2.76. The van der Waals surface area contributed by atoms with Crippen LogP contribution in [-0.4, -0.2) is 17.6 Å². The molecule has 2 rings (SSSR count). The van der Waals surface area contributed by atoms with E-state index in [1.165, 1.54) is 0 Å². The van der Waals surface area contributed by atoms with E-state index in [4.69, 9.17) is 9.15 Å². The van der Waals surface area contributed by atoms with E-state index in [9.17, 15) is 9.59 Å². The lowest BCUT2D eigenvalue weighted by Gasteiger charge is -2.19. The summed E-state index contributed by atoms with van der Waals surface area (Å²) in [4.78, 5) is 23.7. The number of hydrogen-bond acceptors (Lipinski definition) is 4. The van der Waals surface area contributed by atoms with E-state index in [1.54, 1.807) is 63.4 Å². The fourth-order valence-corrected chi connectivity index (χ4v) is 1.81. The maximum Gasteiger partial charge on any atom is 0.412 e. The van der Waals surface area contributed by atoms with Crippen LogP contribution in [0.15, 0.2) is 47.1 Å². The van der Waals surface area contributed by atoms with Gasteiger partial charge in [0.25, 0.3) is 5.91 Å². The first kappa shape index (κ1) is 16.6. The number of ether oxygens (including phenoxy) is 1. The lowest BCUT2D eigenvalue weighted by Crippen LogP contribution is -2.27. The van der Waals surface area contributed by atoms with Crippen LogP contribution in [0.25, 0.3) is 0 Å². The van der Waals surface area contributed by atoms with Crippen molar-refractivity contribution in [2.24, 2.45) is 0 Å². The molecule has 0 aliphatic carbocycles. The fourth-order valence-electron chi connectivity index (χ4n) is 1.81. The van der Waals surface area contributed by atoms with Crippen molar-refractivity contribution in [2.45, 2.75) is 32.9 Å². The monoisotopic (exact) mass is 316 g/mol. The Labute approximate surface area is 134 Å². The van der Waals surface area contributed by atoms with Gasteiger partial charge in [0.15, 0.2) is 0 Å². The number of benzene rings is 1. The Morgan fingerprint density at radius 1 is 1.13 bits per heavy atom. The number of rotatable bonds is 4. The third-order valence-electron chi connectivity index (χ3n) is 2.80. The minimum Gasteiger partial charge on any atom is -0.467 e. The van der Waals surface area contributed by atoms with Crippen molar-refractivity contribution in [1.29, 1.82) is 0 Å². The molecule has 1 aromatic heterocycles. The molecule has 6 heteroatoms. The van der Waals surface area contributed by atoms with Crippen molar-refractivity contribution in [1.82, 2.24) is 5.32 Å². The number of hydrogen-bond donors (Lipinski definition) is 2. The maximum atomic E-state index is 12.0. The number of anilines is 1. The number of carbonyl (C=O) groups excluding carboxylic acids is 2. The molecular formula is C17H20N2O4. The van der Waals surface area contributed by atoms with Crippen LogP contribution in [-0.2, 0) is 11.3 Å².